The molecule has 1 aliphatic rings. The third-order valence-corrected chi connectivity index (χ3v) is 4.38. The van der Waals surface area contributed by atoms with E-state index in [1.807, 2.05) is 4.90 Å². The van der Waals surface area contributed by atoms with Crippen LogP contribution in [-0.2, 0) is 11.2 Å². The van der Waals surface area contributed by atoms with Gasteiger partial charge in [-0.3, -0.25) is 14.7 Å². The molecule has 1 fully saturated rings. The number of hydrogen-bond donors (Lipinski definition) is 3. The van der Waals surface area contributed by atoms with Gasteiger partial charge in [-0.05, 0) is 43.5 Å². The van der Waals surface area contributed by atoms with Crippen molar-refractivity contribution in [1.82, 2.24) is 25.4 Å². The molecule has 1 saturated heterocycles. The molecule has 144 valence electrons. The molecule has 2 aromatic rings. The number of nitrogens with zero attached hydrogens (tertiary/aromatic N) is 3. The van der Waals surface area contributed by atoms with E-state index in [1.165, 1.54) is 6.42 Å². The van der Waals surface area contributed by atoms with Gasteiger partial charge in [-0.1, -0.05) is 0 Å². The number of aromatic amines is 1. The van der Waals surface area contributed by atoms with Crippen LogP contribution < -0.4 is 15.8 Å². The molecule has 0 aliphatic carbocycles. The first kappa shape index (κ1) is 18.7. The van der Waals surface area contributed by atoms with Crippen LogP contribution in [0.5, 0.6) is 5.75 Å². The number of carbonyl (C=O) groups is 2. The van der Waals surface area contributed by atoms with Crippen LogP contribution in [0.3, 0.4) is 0 Å². The highest BCUT2D eigenvalue weighted by Crippen LogP contribution is 2.14. The van der Waals surface area contributed by atoms with Crippen LogP contribution in [0.25, 0.3) is 0 Å². The van der Waals surface area contributed by atoms with Gasteiger partial charge in [0.05, 0.1) is 0 Å². The number of hydrogen-bond acceptors (Lipinski definition) is 6. The standard InChI is InChI=1S/C18H24N6O3/c19-18-21-15(22-23-18)8-9-20-17(26)13-4-6-14(7-5-13)27-12-16(25)24-10-2-1-3-11-24/h4-7H,1-3,8-12H2,(H,20,26)(H3,19,21,22,23). The molecule has 0 atom stereocenters. The van der Waals surface area contributed by atoms with E-state index in [4.69, 9.17) is 10.5 Å². The fraction of sp³-hybridized carbons (Fsp3) is 0.444. The van der Waals surface area contributed by atoms with Gasteiger partial charge in [0, 0.05) is 31.6 Å². The van der Waals surface area contributed by atoms with Gasteiger partial charge in [0.1, 0.15) is 11.6 Å². The number of anilines is 1. The molecule has 0 saturated carbocycles. The van der Waals surface area contributed by atoms with Crippen molar-refractivity contribution in [2.45, 2.75) is 25.7 Å². The number of amides is 2. The Morgan fingerprint density at radius 1 is 1.19 bits per heavy atom. The van der Waals surface area contributed by atoms with Crippen LogP contribution in [0.4, 0.5) is 5.95 Å². The maximum Gasteiger partial charge on any atom is 0.260 e. The van der Waals surface area contributed by atoms with Crippen LogP contribution in [-0.4, -0.2) is 58.1 Å². The highest BCUT2D eigenvalue weighted by molar-refractivity contribution is 5.94. The maximum atomic E-state index is 12.1. The lowest BCUT2D eigenvalue weighted by molar-refractivity contribution is -0.134. The lowest BCUT2D eigenvalue weighted by atomic mass is 10.1. The number of likely N-dealkylation sites (tertiary alicyclic amines) is 1. The normalized spacial score (nSPS) is 14.0. The van der Waals surface area contributed by atoms with Crippen molar-refractivity contribution in [3.05, 3.63) is 35.7 Å². The minimum atomic E-state index is -0.196. The lowest BCUT2D eigenvalue weighted by Crippen LogP contribution is -2.38. The maximum absolute atomic E-state index is 12.1. The van der Waals surface area contributed by atoms with Gasteiger partial charge in [-0.2, -0.15) is 4.98 Å². The minimum absolute atomic E-state index is 0.00423. The second kappa shape index (κ2) is 9.02. The predicted molar refractivity (Wildman–Crippen MR) is 99.2 cm³/mol. The van der Waals surface area contributed by atoms with Crippen LogP contribution in [0.15, 0.2) is 24.3 Å². The molecule has 1 aliphatic heterocycles. The number of H-pyrrole nitrogens is 1. The van der Waals surface area contributed by atoms with E-state index in [9.17, 15) is 9.59 Å². The van der Waals surface area contributed by atoms with Crippen molar-refractivity contribution in [2.24, 2.45) is 0 Å². The third-order valence-electron chi connectivity index (χ3n) is 4.38. The molecule has 4 N–H and O–H groups in total. The molecule has 2 amide bonds. The molecule has 9 heteroatoms. The van der Waals surface area contributed by atoms with E-state index in [-0.39, 0.29) is 24.4 Å². The Hall–Kier alpha value is -3.10. The number of ether oxygens (including phenoxy) is 1. The van der Waals surface area contributed by atoms with Crippen molar-refractivity contribution in [1.29, 1.82) is 0 Å². The number of nitrogen functional groups attached to an aromatic ring is 1. The van der Waals surface area contributed by atoms with E-state index in [1.54, 1.807) is 24.3 Å². The number of nitrogens with one attached hydrogen (secondary N) is 2. The highest BCUT2D eigenvalue weighted by atomic mass is 16.5. The average Bonchev–Trinajstić information content (AvgIpc) is 3.12. The number of rotatable bonds is 7. The van der Waals surface area contributed by atoms with Gasteiger partial charge < -0.3 is 20.7 Å². The first-order valence-electron chi connectivity index (χ1n) is 9.07. The van der Waals surface area contributed by atoms with Crippen LogP contribution in [0, 0.1) is 0 Å². The highest BCUT2D eigenvalue weighted by Gasteiger charge is 2.16. The quantitative estimate of drug-likeness (QED) is 0.658. The summed E-state index contributed by atoms with van der Waals surface area (Å²) in [4.78, 5) is 30.1. The molecule has 27 heavy (non-hydrogen) atoms. The fourth-order valence-electron chi connectivity index (χ4n) is 2.90. The molecular formula is C18H24N6O3. The van der Waals surface area contributed by atoms with Crippen LogP contribution >= 0.6 is 0 Å². The Kier molecular flexibility index (Phi) is 6.24. The zero-order valence-electron chi connectivity index (χ0n) is 15.1. The number of benzene rings is 1. The monoisotopic (exact) mass is 372 g/mol. The number of piperidine rings is 1. The zero-order valence-corrected chi connectivity index (χ0v) is 15.1. The van der Waals surface area contributed by atoms with Crippen molar-refractivity contribution < 1.29 is 14.3 Å². The first-order valence-corrected chi connectivity index (χ1v) is 9.07. The third kappa shape index (κ3) is 5.44. The molecule has 1 aromatic heterocycles. The molecule has 0 unspecified atom stereocenters. The Labute approximate surface area is 157 Å². The zero-order chi connectivity index (χ0) is 19.1. The molecule has 2 heterocycles. The molecule has 9 nitrogen and oxygen atoms in total. The number of aromatic nitrogens is 3. The summed E-state index contributed by atoms with van der Waals surface area (Å²) in [7, 11) is 0. The summed E-state index contributed by atoms with van der Waals surface area (Å²) in [5.41, 5.74) is 5.94. The van der Waals surface area contributed by atoms with Gasteiger partial charge in [0.25, 0.3) is 11.8 Å². The van der Waals surface area contributed by atoms with Crippen molar-refractivity contribution in [3.63, 3.8) is 0 Å². The van der Waals surface area contributed by atoms with Gasteiger partial charge in [0.2, 0.25) is 5.95 Å². The molecule has 3 rings (SSSR count). The smallest absolute Gasteiger partial charge is 0.260 e. The molecule has 0 radical (unpaired) electrons. The fourth-order valence-corrected chi connectivity index (χ4v) is 2.90. The second-order valence-electron chi connectivity index (χ2n) is 6.40. The molecule has 0 spiro atoms. The summed E-state index contributed by atoms with van der Waals surface area (Å²) >= 11 is 0. The van der Waals surface area contributed by atoms with E-state index < -0.39 is 0 Å². The summed E-state index contributed by atoms with van der Waals surface area (Å²) in [6.45, 7) is 2.05. The van der Waals surface area contributed by atoms with Crippen LogP contribution in [0.2, 0.25) is 0 Å². The van der Waals surface area contributed by atoms with Gasteiger partial charge in [0.15, 0.2) is 6.61 Å². The van der Waals surface area contributed by atoms with Gasteiger partial charge >= 0.3 is 0 Å². The first-order chi connectivity index (χ1) is 13.1. The SMILES string of the molecule is Nc1n[nH]c(CCNC(=O)c2ccc(OCC(=O)N3CCCCC3)cc2)n1. The van der Waals surface area contributed by atoms with E-state index >= 15 is 0 Å². The second-order valence-corrected chi connectivity index (χ2v) is 6.40. The van der Waals surface area contributed by atoms with Crippen LogP contribution in [0.1, 0.15) is 35.4 Å². The predicted octanol–water partition coefficient (Wildman–Crippen LogP) is 0.751. The summed E-state index contributed by atoms with van der Waals surface area (Å²) in [6, 6.07) is 6.72. The average molecular weight is 372 g/mol. The summed E-state index contributed by atoms with van der Waals surface area (Å²) < 4.78 is 5.54. The Bertz CT molecular complexity index is 768. The molecule has 0 bridgehead atoms. The summed E-state index contributed by atoms with van der Waals surface area (Å²) in [6.07, 6.45) is 3.80. The van der Waals surface area contributed by atoms with Crippen molar-refractivity contribution >= 4 is 17.8 Å². The topological polar surface area (TPSA) is 126 Å². The molecular weight excluding hydrogens is 348 g/mol. The number of carbonyl (C=O) groups excluding carboxylic acids is 2. The number of nitrogens with two attached hydrogens (primary N) is 1. The van der Waals surface area contributed by atoms with E-state index in [0.29, 0.717) is 30.1 Å². The van der Waals surface area contributed by atoms with Gasteiger partial charge in [-0.25, -0.2) is 0 Å². The minimum Gasteiger partial charge on any atom is -0.484 e. The lowest BCUT2D eigenvalue weighted by Gasteiger charge is -2.26. The van der Waals surface area contributed by atoms with Crippen molar-refractivity contribution in [2.75, 3.05) is 32.0 Å². The van der Waals surface area contributed by atoms with Crippen molar-refractivity contribution in [3.8, 4) is 5.75 Å². The Morgan fingerprint density at radius 2 is 1.93 bits per heavy atom. The van der Waals surface area contributed by atoms with E-state index in [0.717, 1.165) is 25.9 Å². The summed E-state index contributed by atoms with van der Waals surface area (Å²) in [5, 5.41) is 9.22. The Morgan fingerprint density at radius 3 is 2.59 bits per heavy atom. The summed E-state index contributed by atoms with van der Waals surface area (Å²) in [5.74, 6) is 1.18. The van der Waals surface area contributed by atoms with E-state index in [2.05, 4.69) is 20.5 Å². The molecule has 1 aromatic carbocycles. The Balaban J connectivity index is 1.42. The largest absolute Gasteiger partial charge is 0.484 e. The van der Waals surface area contributed by atoms with Gasteiger partial charge in [-0.15, -0.1) is 5.10 Å².